The first kappa shape index (κ1) is 22.1. The molecule has 33 heavy (non-hydrogen) atoms. The van der Waals surface area contributed by atoms with Gasteiger partial charge in [-0.25, -0.2) is 4.98 Å². The normalized spacial score (nSPS) is 17.7. The highest BCUT2D eigenvalue weighted by atomic mass is 32.1. The SMILES string of the molecule is O=C(NCC1CCOCC1)c1cc(Oc2ccc3nc(NC4CCCCC4)sc3c2)ccn1. The van der Waals surface area contributed by atoms with E-state index in [9.17, 15) is 4.79 Å². The van der Waals surface area contributed by atoms with Crippen molar-refractivity contribution in [1.82, 2.24) is 15.3 Å². The molecular formula is C25H30N4O3S. The van der Waals surface area contributed by atoms with Crippen LogP contribution in [0.2, 0.25) is 0 Å². The largest absolute Gasteiger partial charge is 0.457 e. The molecular weight excluding hydrogens is 436 g/mol. The zero-order valence-electron chi connectivity index (χ0n) is 18.7. The maximum Gasteiger partial charge on any atom is 0.270 e. The summed E-state index contributed by atoms with van der Waals surface area (Å²) >= 11 is 1.66. The van der Waals surface area contributed by atoms with Crippen LogP contribution in [0.4, 0.5) is 5.13 Å². The Labute approximate surface area is 197 Å². The van der Waals surface area contributed by atoms with E-state index in [0.29, 0.717) is 29.9 Å². The highest BCUT2D eigenvalue weighted by Crippen LogP contribution is 2.32. The Morgan fingerprint density at radius 1 is 1.06 bits per heavy atom. The van der Waals surface area contributed by atoms with Gasteiger partial charge in [0.25, 0.3) is 5.91 Å². The maximum absolute atomic E-state index is 12.6. The minimum atomic E-state index is -0.178. The average Bonchev–Trinajstić information content (AvgIpc) is 3.25. The van der Waals surface area contributed by atoms with Gasteiger partial charge in [-0.05, 0) is 49.8 Å². The number of aromatic nitrogens is 2. The third kappa shape index (κ3) is 5.81. The van der Waals surface area contributed by atoms with Gasteiger partial charge in [0.2, 0.25) is 0 Å². The molecule has 0 radical (unpaired) electrons. The van der Waals surface area contributed by atoms with Crippen LogP contribution >= 0.6 is 11.3 Å². The van der Waals surface area contributed by atoms with Gasteiger partial charge in [0.15, 0.2) is 5.13 Å². The molecule has 0 atom stereocenters. The average molecular weight is 467 g/mol. The molecule has 1 saturated heterocycles. The quantitative estimate of drug-likeness (QED) is 0.486. The zero-order valence-corrected chi connectivity index (χ0v) is 19.5. The topological polar surface area (TPSA) is 85.4 Å². The van der Waals surface area contributed by atoms with Crippen LogP contribution in [0.1, 0.15) is 55.4 Å². The summed E-state index contributed by atoms with van der Waals surface area (Å²) < 4.78 is 12.5. The van der Waals surface area contributed by atoms with Crippen LogP contribution in [0, 0.1) is 5.92 Å². The summed E-state index contributed by atoms with van der Waals surface area (Å²) in [6, 6.07) is 9.88. The van der Waals surface area contributed by atoms with Crippen molar-refractivity contribution in [2.45, 2.75) is 51.0 Å². The third-order valence-electron chi connectivity index (χ3n) is 6.38. The number of hydrogen-bond donors (Lipinski definition) is 2. The molecule has 2 N–H and O–H groups in total. The highest BCUT2D eigenvalue weighted by Gasteiger charge is 2.17. The second-order valence-electron chi connectivity index (χ2n) is 8.87. The van der Waals surface area contributed by atoms with E-state index in [4.69, 9.17) is 14.5 Å². The zero-order chi connectivity index (χ0) is 22.5. The van der Waals surface area contributed by atoms with Crippen molar-refractivity contribution in [3.8, 4) is 11.5 Å². The second-order valence-corrected chi connectivity index (χ2v) is 9.90. The van der Waals surface area contributed by atoms with Crippen LogP contribution in [0.3, 0.4) is 0 Å². The number of amides is 1. The fourth-order valence-corrected chi connectivity index (χ4v) is 5.44. The summed E-state index contributed by atoms with van der Waals surface area (Å²) in [7, 11) is 0. The number of nitrogens with one attached hydrogen (secondary N) is 2. The molecule has 3 heterocycles. The van der Waals surface area contributed by atoms with Crippen molar-refractivity contribution in [3.63, 3.8) is 0 Å². The third-order valence-corrected chi connectivity index (χ3v) is 7.33. The molecule has 0 spiro atoms. The lowest BCUT2D eigenvalue weighted by Gasteiger charge is -2.22. The highest BCUT2D eigenvalue weighted by molar-refractivity contribution is 7.22. The van der Waals surface area contributed by atoms with Gasteiger partial charge in [-0.1, -0.05) is 30.6 Å². The van der Waals surface area contributed by atoms with E-state index in [2.05, 4.69) is 15.6 Å². The molecule has 174 valence electrons. The summed E-state index contributed by atoms with van der Waals surface area (Å²) in [5.74, 6) is 1.59. The maximum atomic E-state index is 12.6. The van der Waals surface area contributed by atoms with E-state index in [1.807, 2.05) is 18.2 Å². The fourth-order valence-electron chi connectivity index (χ4n) is 4.46. The van der Waals surface area contributed by atoms with Crippen LogP contribution in [0.5, 0.6) is 11.5 Å². The Balaban J connectivity index is 1.22. The number of anilines is 1. The molecule has 1 amide bonds. The first-order valence-corrected chi connectivity index (χ1v) is 12.7. The van der Waals surface area contributed by atoms with E-state index in [-0.39, 0.29) is 5.91 Å². The van der Waals surface area contributed by atoms with Crippen molar-refractivity contribution < 1.29 is 14.3 Å². The molecule has 3 aromatic rings. The standard InChI is InChI=1S/C25H30N4O3S/c30-24(27-16-17-9-12-31-13-10-17)22-14-20(8-11-26-22)32-19-6-7-21-23(15-19)33-25(29-21)28-18-4-2-1-3-5-18/h6-8,11,14-15,17-18H,1-5,9-10,12-13,16H2,(H,27,30)(H,28,29). The number of carbonyl (C=O) groups excluding carboxylic acids is 1. The summed E-state index contributed by atoms with van der Waals surface area (Å²) in [6.07, 6.45) is 9.94. The molecule has 2 aromatic heterocycles. The number of fused-ring (bicyclic) bond motifs is 1. The Hall–Kier alpha value is -2.71. The van der Waals surface area contributed by atoms with Crippen molar-refractivity contribution in [2.24, 2.45) is 5.92 Å². The van der Waals surface area contributed by atoms with Crippen LogP contribution in [-0.2, 0) is 4.74 Å². The number of rotatable bonds is 7. The minimum absolute atomic E-state index is 0.178. The van der Waals surface area contributed by atoms with Crippen molar-refractivity contribution in [2.75, 3.05) is 25.1 Å². The van der Waals surface area contributed by atoms with Gasteiger partial charge >= 0.3 is 0 Å². The summed E-state index contributed by atoms with van der Waals surface area (Å²) in [6.45, 7) is 2.18. The number of nitrogens with zero attached hydrogens (tertiary/aromatic N) is 2. The first-order chi connectivity index (χ1) is 16.2. The van der Waals surface area contributed by atoms with E-state index >= 15 is 0 Å². The van der Waals surface area contributed by atoms with Crippen LogP contribution in [0.15, 0.2) is 36.5 Å². The molecule has 1 aromatic carbocycles. The van der Waals surface area contributed by atoms with Gasteiger partial charge in [-0.15, -0.1) is 0 Å². The second kappa shape index (κ2) is 10.5. The monoisotopic (exact) mass is 466 g/mol. The predicted molar refractivity (Wildman–Crippen MR) is 130 cm³/mol. The number of benzene rings is 1. The molecule has 0 bridgehead atoms. The molecule has 8 heteroatoms. The number of thiazole rings is 1. The molecule has 2 aliphatic rings. The van der Waals surface area contributed by atoms with Gasteiger partial charge in [0, 0.05) is 44.1 Å². The Morgan fingerprint density at radius 3 is 2.73 bits per heavy atom. The molecule has 1 saturated carbocycles. The van der Waals surface area contributed by atoms with Crippen molar-refractivity contribution in [1.29, 1.82) is 0 Å². The Bertz CT molecular complexity index is 1090. The molecule has 5 rings (SSSR count). The molecule has 1 aliphatic carbocycles. The molecule has 1 aliphatic heterocycles. The lowest BCUT2D eigenvalue weighted by Crippen LogP contribution is -2.32. The van der Waals surface area contributed by atoms with Crippen LogP contribution < -0.4 is 15.4 Å². The first-order valence-electron chi connectivity index (χ1n) is 11.9. The van der Waals surface area contributed by atoms with E-state index < -0.39 is 0 Å². The number of hydrogen-bond acceptors (Lipinski definition) is 7. The van der Waals surface area contributed by atoms with Gasteiger partial charge in [0.05, 0.1) is 10.2 Å². The minimum Gasteiger partial charge on any atom is -0.457 e. The predicted octanol–water partition coefficient (Wildman–Crippen LogP) is 5.38. The van der Waals surface area contributed by atoms with E-state index in [1.165, 1.54) is 32.1 Å². The van der Waals surface area contributed by atoms with Crippen molar-refractivity contribution in [3.05, 3.63) is 42.2 Å². The lowest BCUT2D eigenvalue weighted by molar-refractivity contribution is 0.0642. The fraction of sp³-hybridized carbons (Fsp3) is 0.480. The number of ether oxygens (including phenoxy) is 2. The van der Waals surface area contributed by atoms with E-state index in [0.717, 1.165) is 47.2 Å². The van der Waals surface area contributed by atoms with Gasteiger partial charge in [-0.2, -0.15) is 0 Å². The summed E-state index contributed by atoms with van der Waals surface area (Å²) in [5, 5.41) is 7.57. The number of carbonyl (C=O) groups is 1. The number of pyridine rings is 1. The van der Waals surface area contributed by atoms with Crippen LogP contribution in [-0.4, -0.2) is 41.7 Å². The molecule has 2 fully saturated rings. The van der Waals surface area contributed by atoms with Gasteiger partial charge < -0.3 is 20.1 Å². The van der Waals surface area contributed by atoms with E-state index in [1.54, 1.807) is 29.7 Å². The Kier molecular flexibility index (Phi) is 7.02. The lowest BCUT2D eigenvalue weighted by atomic mass is 9.96. The van der Waals surface area contributed by atoms with Crippen LogP contribution in [0.25, 0.3) is 10.2 Å². The van der Waals surface area contributed by atoms with Gasteiger partial charge in [0.1, 0.15) is 17.2 Å². The summed E-state index contributed by atoms with van der Waals surface area (Å²) in [5.41, 5.74) is 1.32. The Morgan fingerprint density at radius 2 is 1.88 bits per heavy atom. The smallest absolute Gasteiger partial charge is 0.270 e. The molecule has 0 unspecified atom stereocenters. The molecule has 7 nitrogen and oxygen atoms in total. The summed E-state index contributed by atoms with van der Waals surface area (Å²) in [4.78, 5) is 21.5. The van der Waals surface area contributed by atoms with Gasteiger partial charge in [-0.3, -0.25) is 9.78 Å². The van der Waals surface area contributed by atoms with Crippen molar-refractivity contribution >= 4 is 32.6 Å².